The second-order valence-electron chi connectivity index (χ2n) is 4.58. The first-order valence-electron chi connectivity index (χ1n) is 6.43. The zero-order valence-electron chi connectivity index (χ0n) is 11.2. The fourth-order valence-corrected chi connectivity index (χ4v) is 3.37. The van der Waals surface area contributed by atoms with Crippen molar-refractivity contribution in [1.29, 1.82) is 0 Å². The molecule has 2 heterocycles. The van der Waals surface area contributed by atoms with Crippen LogP contribution in [0.2, 0.25) is 0 Å². The highest BCUT2D eigenvalue weighted by atomic mass is 32.1. The van der Waals surface area contributed by atoms with Crippen LogP contribution in [0.1, 0.15) is 9.80 Å². The summed E-state index contributed by atoms with van der Waals surface area (Å²) in [6.07, 6.45) is 0. The molecule has 1 fully saturated rings. The van der Waals surface area contributed by atoms with E-state index in [0.29, 0.717) is 16.3 Å². The lowest BCUT2D eigenvalue weighted by atomic mass is 10.2. The van der Waals surface area contributed by atoms with E-state index in [4.69, 9.17) is 10.5 Å². The number of primary amides is 1. The van der Waals surface area contributed by atoms with E-state index in [2.05, 4.69) is 15.2 Å². The number of benzene rings is 1. The van der Waals surface area contributed by atoms with Gasteiger partial charge in [0, 0.05) is 26.2 Å². The van der Waals surface area contributed by atoms with E-state index in [1.54, 1.807) is 7.11 Å². The molecule has 0 radical (unpaired) electrons. The average Bonchev–Trinajstić information content (AvgIpc) is 2.92. The number of nitrogens with two attached hydrogens (primary N) is 1. The lowest BCUT2D eigenvalue weighted by Crippen LogP contribution is -2.43. The van der Waals surface area contributed by atoms with Crippen molar-refractivity contribution in [2.45, 2.75) is 0 Å². The van der Waals surface area contributed by atoms with E-state index < -0.39 is 5.91 Å². The van der Waals surface area contributed by atoms with Crippen LogP contribution in [0.4, 0.5) is 5.69 Å². The standard InChI is InChI=1S/C13H16N4O2S/c1-19-9-3-2-8(17-6-4-15-5-7-17)11-10(9)16-13(20-11)12(14)18/h2-3,15H,4-7H2,1H3,(H2,14,18). The number of ether oxygens (including phenoxy) is 1. The van der Waals surface area contributed by atoms with Crippen LogP contribution in [0.5, 0.6) is 5.75 Å². The predicted molar refractivity (Wildman–Crippen MR) is 79.8 cm³/mol. The smallest absolute Gasteiger partial charge is 0.277 e. The Balaban J connectivity index is 2.14. The van der Waals surface area contributed by atoms with Crippen LogP contribution in [-0.4, -0.2) is 44.2 Å². The summed E-state index contributed by atoms with van der Waals surface area (Å²) in [5, 5.41) is 3.65. The Labute approximate surface area is 120 Å². The van der Waals surface area contributed by atoms with E-state index in [-0.39, 0.29) is 0 Å². The van der Waals surface area contributed by atoms with Gasteiger partial charge in [-0.2, -0.15) is 0 Å². The van der Waals surface area contributed by atoms with Crippen LogP contribution in [0.3, 0.4) is 0 Å². The number of piperazine rings is 1. The zero-order chi connectivity index (χ0) is 14.1. The molecule has 1 aromatic carbocycles. The van der Waals surface area contributed by atoms with E-state index in [1.807, 2.05) is 12.1 Å². The highest BCUT2D eigenvalue weighted by Gasteiger charge is 2.20. The number of rotatable bonds is 3. The molecule has 0 atom stereocenters. The minimum atomic E-state index is -0.500. The van der Waals surface area contributed by atoms with Crippen molar-refractivity contribution in [1.82, 2.24) is 10.3 Å². The summed E-state index contributed by atoms with van der Waals surface area (Å²) in [5.74, 6) is 0.169. The molecule has 2 aromatic rings. The number of carbonyl (C=O) groups is 1. The minimum Gasteiger partial charge on any atom is -0.494 e. The molecule has 0 bridgehead atoms. The van der Waals surface area contributed by atoms with Crippen molar-refractivity contribution in [2.24, 2.45) is 5.73 Å². The summed E-state index contributed by atoms with van der Waals surface area (Å²) in [5.41, 5.74) is 7.14. The first-order chi connectivity index (χ1) is 9.70. The Morgan fingerprint density at radius 1 is 1.45 bits per heavy atom. The van der Waals surface area contributed by atoms with Crippen LogP contribution in [0.25, 0.3) is 10.2 Å². The Morgan fingerprint density at radius 2 is 2.20 bits per heavy atom. The number of hydrogen-bond acceptors (Lipinski definition) is 6. The number of amides is 1. The Hall–Kier alpha value is -1.86. The number of anilines is 1. The molecule has 1 aromatic heterocycles. The van der Waals surface area contributed by atoms with Gasteiger partial charge in [0.1, 0.15) is 11.3 Å². The molecular weight excluding hydrogens is 276 g/mol. The van der Waals surface area contributed by atoms with Crippen LogP contribution >= 0.6 is 11.3 Å². The van der Waals surface area contributed by atoms with Gasteiger partial charge < -0.3 is 20.7 Å². The summed E-state index contributed by atoms with van der Waals surface area (Å²) < 4.78 is 6.28. The van der Waals surface area contributed by atoms with Gasteiger partial charge in [-0.1, -0.05) is 0 Å². The maximum absolute atomic E-state index is 11.4. The molecule has 1 aliphatic heterocycles. The molecular formula is C13H16N4O2S. The number of aromatic nitrogens is 1. The maximum Gasteiger partial charge on any atom is 0.277 e. The topological polar surface area (TPSA) is 80.5 Å². The molecule has 0 spiro atoms. The third kappa shape index (κ3) is 2.19. The Morgan fingerprint density at radius 3 is 2.85 bits per heavy atom. The van der Waals surface area contributed by atoms with E-state index in [1.165, 1.54) is 11.3 Å². The van der Waals surface area contributed by atoms with Crippen LogP contribution < -0.4 is 20.7 Å². The largest absolute Gasteiger partial charge is 0.494 e. The van der Waals surface area contributed by atoms with Crippen molar-refractivity contribution in [3.05, 3.63) is 17.1 Å². The molecule has 6 nitrogen and oxygen atoms in total. The number of hydrogen-bond donors (Lipinski definition) is 2. The van der Waals surface area contributed by atoms with E-state index >= 15 is 0 Å². The maximum atomic E-state index is 11.4. The quantitative estimate of drug-likeness (QED) is 0.875. The third-order valence-electron chi connectivity index (χ3n) is 3.37. The molecule has 0 aliphatic carbocycles. The van der Waals surface area contributed by atoms with E-state index in [9.17, 15) is 4.79 Å². The summed E-state index contributed by atoms with van der Waals surface area (Å²) in [7, 11) is 1.60. The SMILES string of the molecule is COc1ccc(N2CCNCC2)c2sc(C(N)=O)nc12. The number of methoxy groups -OCH3 is 1. The number of carbonyl (C=O) groups excluding carboxylic acids is 1. The molecule has 0 saturated carbocycles. The van der Waals surface area contributed by atoms with Crippen LogP contribution in [-0.2, 0) is 0 Å². The number of nitrogens with zero attached hydrogens (tertiary/aromatic N) is 2. The lowest BCUT2D eigenvalue weighted by molar-refractivity contribution is 0.1000. The average molecular weight is 292 g/mol. The first-order valence-corrected chi connectivity index (χ1v) is 7.25. The summed E-state index contributed by atoms with van der Waals surface area (Å²) >= 11 is 1.33. The summed E-state index contributed by atoms with van der Waals surface area (Å²) in [4.78, 5) is 18.0. The van der Waals surface area contributed by atoms with Crippen molar-refractivity contribution < 1.29 is 9.53 Å². The molecule has 20 heavy (non-hydrogen) atoms. The summed E-state index contributed by atoms with van der Waals surface area (Å²) in [6.45, 7) is 3.78. The minimum absolute atomic E-state index is 0.320. The van der Waals surface area contributed by atoms with Gasteiger partial charge in [0.25, 0.3) is 5.91 Å². The lowest BCUT2D eigenvalue weighted by Gasteiger charge is -2.29. The second-order valence-corrected chi connectivity index (χ2v) is 5.58. The molecule has 3 N–H and O–H groups in total. The molecule has 3 rings (SSSR count). The van der Waals surface area contributed by atoms with Gasteiger partial charge in [0.05, 0.1) is 17.5 Å². The highest BCUT2D eigenvalue weighted by Crippen LogP contribution is 2.37. The molecule has 1 aliphatic rings. The van der Waals surface area contributed by atoms with Gasteiger partial charge in [-0.05, 0) is 12.1 Å². The zero-order valence-corrected chi connectivity index (χ0v) is 12.0. The van der Waals surface area contributed by atoms with Gasteiger partial charge in [0.15, 0.2) is 5.01 Å². The van der Waals surface area contributed by atoms with E-state index in [0.717, 1.165) is 36.6 Å². The Kier molecular flexibility index (Phi) is 3.45. The fraction of sp³-hybridized carbons (Fsp3) is 0.385. The van der Waals surface area contributed by atoms with Crippen molar-refractivity contribution in [2.75, 3.05) is 38.2 Å². The monoisotopic (exact) mass is 292 g/mol. The van der Waals surface area contributed by atoms with Crippen molar-refractivity contribution in [3.8, 4) is 5.75 Å². The third-order valence-corrected chi connectivity index (χ3v) is 4.47. The van der Waals surface area contributed by atoms with Gasteiger partial charge in [-0.15, -0.1) is 11.3 Å². The molecule has 0 unspecified atom stereocenters. The van der Waals surface area contributed by atoms with Gasteiger partial charge in [-0.3, -0.25) is 4.79 Å². The predicted octanol–water partition coefficient (Wildman–Crippen LogP) is 0.813. The number of thiazole rings is 1. The molecule has 1 saturated heterocycles. The first kappa shape index (κ1) is 13.1. The van der Waals surface area contributed by atoms with Gasteiger partial charge in [0.2, 0.25) is 0 Å². The van der Waals surface area contributed by atoms with Gasteiger partial charge in [-0.25, -0.2) is 4.98 Å². The van der Waals surface area contributed by atoms with Crippen molar-refractivity contribution in [3.63, 3.8) is 0 Å². The van der Waals surface area contributed by atoms with Crippen LogP contribution in [0.15, 0.2) is 12.1 Å². The van der Waals surface area contributed by atoms with Crippen molar-refractivity contribution >= 4 is 33.1 Å². The highest BCUT2D eigenvalue weighted by molar-refractivity contribution is 7.21. The normalized spacial score (nSPS) is 15.6. The number of fused-ring (bicyclic) bond motifs is 1. The second kappa shape index (κ2) is 5.26. The fourth-order valence-electron chi connectivity index (χ4n) is 2.39. The molecule has 106 valence electrons. The van der Waals surface area contributed by atoms with Crippen LogP contribution in [0, 0.1) is 0 Å². The number of nitrogens with one attached hydrogen (secondary N) is 1. The summed E-state index contributed by atoms with van der Waals surface area (Å²) in [6, 6.07) is 3.92. The molecule has 1 amide bonds. The molecule has 7 heteroatoms. The van der Waals surface area contributed by atoms with Gasteiger partial charge >= 0.3 is 0 Å². The Bertz CT molecular complexity index is 649.